The number of hydrogen-bond acceptors (Lipinski definition) is 0. The number of fused-ring (bicyclic) bond motifs is 10. The second kappa shape index (κ2) is 10.9. The van der Waals surface area contributed by atoms with Gasteiger partial charge in [-0.15, -0.1) is 0 Å². The maximum Gasteiger partial charge on any atom is -0.000697 e. The van der Waals surface area contributed by atoms with Crippen molar-refractivity contribution in [2.24, 2.45) is 0 Å². The first-order valence-electron chi connectivity index (χ1n) is 19.0. The number of aryl methyl sites for hydroxylation is 2. The van der Waals surface area contributed by atoms with E-state index in [2.05, 4.69) is 184 Å². The van der Waals surface area contributed by atoms with E-state index in [1.54, 1.807) is 0 Å². The smallest absolute Gasteiger partial charge is 0.000697 e. The molecule has 0 unspecified atom stereocenters. The molecule has 0 radical (unpaired) electrons. The van der Waals surface area contributed by atoms with Crippen LogP contribution in [0.4, 0.5) is 0 Å². The molecule has 12 aromatic carbocycles. The maximum absolute atomic E-state index is 2.55. The van der Waals surface area contributed by atoms with Crippen LogP contribution in [0.15, 0.2) is 170 Å². The topological polar surface area (TPSA) is 0 Å². The Bertz CT molecular complexity index is 3460. The van der Waals surface area contributed by atoms with Crippen LogP contribution in [-0.4, -0.2) is 0 Å². The molecule has 0 atom stereocenters. The van der Waals surface area contributed by atoms with Gasteiger partial charge in [-0.3, -0.25) is 0 Å². The Morgan fingerprint density at radius 1 is 0.241 bits per heavy atom. The van der Waals surface area contributed by atoms with Gasteiger partial charge in [-0.1, -0.05) is 152 Å². The minimum absolute atomic E-state index is 1.25. The molecule has 0 fully saturated rings. The summed E-state index contributed by atoms with van der Waals surface area (Å²) in [6.07, 6.45) is 0. The van der Waals surface area contributed by atoms with Crippen molar-refractivity contribution in [3.63, 3.8) is 0 Å². The number of rotatable bonds is 3. The largest absolute Gasteiger partial charge is 0.0622 e. The van der Waals surface area contributed by atoms with E-state index in [9.17, 15) is 0 Å². The summed E-state index contributed by atoms with van der Waals surface area (Å²) in [5, 5.41) is 21.2. The zero-order valence-corrected chi connectivity index (χ0v) is 30.2. The molecular formula is C54H34. The van der Waals surface area contributed by atoms with Gasteiger partial charge in [0.05, 0.1) is 0 Å². The molecule has 0 aliphatic carbocycles. The molecule has 0 N–H and O–H groups in total. The van der Waals surface area contributed by atoms with Crippen LogP contribution in [0.3, 0.4) is 0 Å². The molecule has 0 heteroatoms. The average molecular weight is 683 g/mol. The molecule has 0 aliphatic rings. The average Bonchev–Trinajstić information content (AvgIpc) is 3.71. The van der Waals surface area contributed by atoms with Gasteiger partial charge in [-0.05, 0) is 163 Å². The van der Waals surface area contributed by atoms with Crippen LogP contribution in [0.2, 0.25) is 0 Å². The van der Waals surface area contributed by atoms with Gasteiger partial charge in [0, 0.05) is 0 Å². The van der Waals surface area contributed by atoms with E-state index in [-0.39, 0.29) is 0 Å². The highest BCUT2D eigenvalue weighted by Crippen LogP contribution is 2.55. The SMILES string of the molecule is Cc1cccc(C)c1-c1ccc2c(c1)c1cc3c(-c4ccccc4)c4c5cccc6c7ccccc7cc(c4c(-c4ccccc4)c3c3cccc2c13)c65. The maximum atomic E-state index is 2.55. The van der Waals surface area contributed by atoms with Gasteiger partial charge in [0.1, 0.15) is 0 Å². The van der Waals surface area contributed by atoms with Crippen molar-refractivity contribution in [1.29, 1.82) is 0 Å². The molecule has 12 rings (SSSR count). The second-order valence-corrected chi connectivity index (χ2v) is 15.2. The van der Waals surface area contributed by atoms with Crippen molar-refractivity contribution in [1.82, 2.24) is 0 Å². The first kappa shape index (κ1) is 29.8. The van der Waals surface area contributed by atoms with Gasteiger partial charge in [-0.25, -0.2) is 0 Å². The first-order chi connectivity index (χ1) is 26.7. The van der Waals surface area contributed by atoms with Crippen LogP contribution in [0.25, 0.3) is 120 Å². The summed E-state index contributed by atoms with van der Waals surface area (Å²) >= 11 is 0. The molecule has 0 spiro atoms. The van der Waals surface area contributed by atoms with E-state index < -0.39 is 0 Å². The van der Waals surface area contributed by atoms with Crippen LogP contribution in [0.5, 0.6) is 0 Å². The van der Waals surface area contributed by atoms with Crippen molar-refractivity contribution >= 4 is 86.2 Å². The van der Waals surface area contributed by atoms with Crippen LogP contribution in [0, 0.1) is 13.8 Å². The molecule has 0 saturated carbocycles. The molecule has 0 heterocycles. The fraction of sp³-hybridized carbons (Fsp3) is 0.0370. The molecule has 0 aromatic heterocycles. The van der Waals surface area contributed by atoms with Gasteiger partial charge in [-0.2, -0.15) is 0 Å². The van der Waals surface area contributed by atoms with E-state index in [1.165, 1.54) is 131 Å². The lowest BCUT2D eigenvalue weighted by Crippen LogP contribution is -1.91. The Morgan fingerprint density at radius 2 is 0.796 bits per heavy atom. The summed E-state index contributed by atoms with van der Waals surface area (Å²) in [4.78, 5) is 0. The third-order valence-electron chi connectivity index (χ3n) is 12.3. The Labute approximate surface area is 313 Å². The van der Waals surface area contributed by atoms with Crippen LogP contribution in [-0.2, 0) is 0 Å². The fourth-order valence-corrected chi connectivity index (χ4v) is 10.2. The Morgan fingerprint density at radius 3 is 1.54 bits per heavy atom. The predicted octanol–water partition coefficient (Wildman–Crippen LogP) is 15.4. The minimum Gasteiger partial charge on any atom is -0.0622 e. The molecule has 0 nitrogen and oxygen atoms in total. The van der Waals surface area contributed by atoms with Crippen molar-refractivity contribution in [3.05, 3.63) is 181 Å². The Balaban J connectivity index is 1.38. The van der Waals surface area contributed by atoms with E-state index >= 15 is 0 Å². The third kappa shape index (κ3) is 3.87. The van der Waals surface area contributed by atoms with Crippen molar-refractivity contribution in [2.45, 2.75) is 13.8 Å². The molecule has 0 bridgehead atoms. The van der Waals surface area contributed by atoms with Gasteiger partial charge in [0.2, 0.25) is 0 Å². The molecule has 0 aliphatic heterocycles. The highest BCUT2D eigenvalue weighted by atomic mass is 14.3. The van der Waals surface area contributed by atoms with Gasteiger partial charge in [0.15, 0.2) is 0 Å². The van der Waals surface area contributed by atoms with Crippen LogP contribution < -0.4 is 0 Å². The Kier molecular flexibility index (Phi) is 6.00. The van der Waals surface area contributed by atoms with E-state index in [0.717, 1.165) is 0 Å². The highest BCUT2D eigenvalue weighted by molar-refractivity contribution is 6.46. The summed E-state index contributed by atoms with van der Waals surface area (Å²) in [5.41, 5.74) is 10.4. The number of benzene rings is 10. The highest BCUT2D eigenvalue weighted by Gasteiger charge is 2.27. The van der Waals surface area contributed by atoms with Crippen molar-refractivity contribution in [2.75, 3.05) is 0 Å². The van der Waals surface area contributed by atoms with E-state index in [4.69, 9.17) is 0 Å². The predicted molar refractivity (Wildman–Crippen MR) is 235 cm³/mol. The van der Waals surface area contributed by atoms with Gasteiger partial charge >= 0.3 is 0 Å². The summed E-state index contributed by atoms with van der Waals surface area (Å²) in [7, 11) is 0. The first-order valence-corrected chi connectivity index (χ1v) is 19.0. The summed E-state index contributed by atoms with van der Waals surface area (Å²) < 4.78 is 0. The van der Waals surface area contributed by atoms with Crippen molar-refractivity contribution < 1.29 is 0 Å². The normalized spacial score (nSPS) is 12.3. The summed E-state index contributed by atoms with van der Waals surface area (Å²) in [6.45, 7) is 4.47. The molecule has 12 aromatic rings. The second-order valence-electron chi connectivity index (χ2n) is 15.2. The monoisotopic (exact) mass is 682 g/mol. The van der Waals surface area contributed by atoms with E-state index in [1.807, 2.05) is 0 Å². The van der Waals surface area contributed by atoms with Gasteiger partial charge in [0.25, 0.3) is 0 Å². The molecule has 0 saturated heterocycles. The lowest BCUT2D eigenvalue weighted by Gasteiger charge is -2.19. The number of hydrogen-bond donors (Lipinski definition) is 0. The molecule has 0 amide bonds. The van der Waals surface area contributed by atoms with Gasteiger partial charge < -0.3 is 0 Å². The summed E-state index contributed by atoms with van der Waals surface area (Å²) in [6, 6.07) is 64.0. The zero-order chi connectivity index (χ0) is 35.7. The third-order valence-corrected chi connectivity index (χ3v) is 12.3. The standard InChI is InChI=1S/C54H34/c1-31-14-11-15-32(2)47(31)36-26-27-38-40-23-13-24-41-50(40)44(43(38)29-36)30-46-48(33-16-5-3-6-17-33)53-42-25-12-22-39-37-21-10-9-20-35(37)28-45(51(39)42)54(53)49(52(41)46)34-18-7-4-8-19-34/h3-30H,1-2H3. The Hall–Kier alpha value is -6.76. The fourth-order valence-electron chi connectivity index (χ4n) is 10.2. The van der Waals surface area contributed by atoms with E-state index in [0.29, 0.717) is 0 Å². The molecule has 250 valence electrons. The lowest BCUT2D eigenvalue weighted by molar-refractivity contribution is 1.38. The van der Waals surface area contributed by atoms with Crippen LogP contribution in [0.1, 0.15) is 11.1 Å². The van der Waals surface area contributed by atoms with Crippen molar-refractivity contribution in [3.8, 4) is 33.4 Å². The van der Waals surface area contributed by atoms with Crippen LogP contribution >= 0.6 is 0 Å². The minimum atomic E-state index is 1.25. The zero-order valence-electron chi connectivity index (χ0n) is 30.2. The lowest BCUT2D eigenvalue weighted by atomic mass is 9.83. The summed E-state index contributed by atoms with van der Waals surface area (Å²) in [5.74, 6) is 0. The molecular weight excluding hydrogens is 649 g/mol. The quantitative estimate of drug-likeness (QED) is 0.163. The molecule has 54 heavy (non-hydrogen) atoms.